The fourth-order valence-corrected chi connectivity index (χ4v) is 2.07. The SMILES string of the molecule is CN=C(NCc1cccc2cccnc12)NC(C)C(C)C. The van der Waals surface area contributed by atoms with Gasteiger partial charge in [-0.1, -0.05) is 38.1 Å². The molecule has 0 fully saturated rings. The van der Waals surface area contributed by atoms with Gasteiger partial charge in [-0.05, 0) is 24.5 Å². The van der Waals surface area contributed by atoms with Crippen molar-refractivity contribution < 1.29 is 0 Å². The zero-order valence-corrected chi connectivity index (χ0v) is 13.2. The molecule has 4 heteroatoms. The van der Waals surface area contributed by atoms with Crippen LogP contribution in [-0.2, 0) is 6.54 Å². The molecule has 0 bridgehead atoms. The number of hydrogen-bond acceptors (Lipinski definition) is 2. The van der Waals surface area contributed by atoms with Crippen LogP contribution in [0.1, 0.15) is 26.3 Å². The van der Waals surface area contributed by atoms with E-state index in [1.165, 1.54) is 5.56 Å². The monoisotopic (exact) mass is 284 g/mol. The fourth-order valence-electron chi connectivity index (χ4n) is 2.07. The Hall–Kier alpha value is -2.10. The summed E-state index contributed by atoms with van der Waals surface area (Å²) in [4.78, 5) is 8.75. The van der Waals surface area contributed by atoms with Gasteiger partial charge in [0.25, 0.3) is 0 Å². The topological polar surface area (TPSA) is 49.3 Å². The van der Waals surface area contributed by atoms with Crippen molar-refractivity contribution in [3.63, 3.8) is 0 Å². The van der Waals surface area contributed by atoms with Crippen molar-refractivity contribution in [1.82, 2.24) is 15.6 Å². The van der Waals surface area contributed by atoms with Crippen molar-refractivity contribution in [2.75, 3.05) is 7.05 Å². The van der Waals surface area contributed by atoms with E-state index in [2.05, 4.69) is 65.6 Å². The summed E-state index contributed by atoms with van der Waals surface area (Å²) in [6.07, 6.45) is 1.83. The van der Waals surface area contributed by atoms with Crippen molar-refractivity contribution in [3.05, 3.63) is 42.1 Å². The third-order valence-corrected chi connectivity index (χ3v) is 3.75. The van der Waals surface area contributed by atoms with Gasteiger partial charge in [0.05, 0.1) is 5.52 Å². The van der Waals surface area contributed by atoms with Crippen molar-refractivity contribution >= 4 is 16.9 Å². The first-order chi connectivity index (χ1) is 10.1. The number of guanidine groups is 1. The van der Waals surface area contributed by atoms with Gasteiger partial charge in [-0.3, -0.25) is 9.98 Å². The molecule has 0 saturated heterocycles. The Morgan fingerprint density at radius 3 is 2.67 bits per heavy atom. The summed E-state index contributed by atoms with van der Waals surface area (Å²) >= 11 is 0. The van der Waals surface area contributed by atoms with Crippen LogP contribution >= 0.6 is 0 Å². The first kappa shape index (κ1) is 15.3. The summed E-state index contributed by atoms with van der Waals surface area (Å²) in [5.74, 6) is 1.38. The molecule has 1 heterocycles. The van der Waals surface area contributed by atoms with Gasteiger partial charge in [-0.15, -0.1) is 0 Å². The maximum absolute atomic E-state index is 4.47. The maximum Gasteiger partial charge on any atom is 0.191 e. The first-order valence-electron chi connectivity index (χ1n) is 7.41. The highest BCUT2D eigenvalue weighted by molar-refractivity contribution is 5.83. The Morgan fingerprint density at radius 1 is 1.19 bits per heavy atom. The van der Waals surface area contributed by atoms with Crippen LogP contribution in [0.5, 0.6) is 0 Å². The van der Waals surface area contributed by atoms with E-state index in [1.54, 1.807) is 7.05 Å². The van der Waals surface area contributed by atoms with E-state index in [-0.39, 0.29) is 0 Å². The van der Waals surface area contributed by atoms with Crippen LogP contribution in [0, 0.1) is 5.92 Å². The van der Waals surface area contributed by atoms with E-state index in [0.29, 0.717) is 18.5 Å². The predicted octanol–water partition coefficient (Wildman–Crippen LogP) is 2.94. The van der Waals surface area contributed by atoms with Crippen LogP contribution in [0.3, 0.4) is 0 Å². The minimum absolute atomic E-state index is 0.377. The lowest BCUT2D eigenvalue weighted by atomic mass is 10.1. The highest BCUT2D eigenvalue weighted by Gasteiger charge is 2.09. The Labute approximate surface area is 126 Å². The lowest BCUT2D eigenvalue weighted by Gasteiger charge is -2.21. The average Bonchev–Trinajstić information content (AvgIpc) is 2.51. The van der Waals surface area contributed by atoms with Crippen molar-refractivity contribution in [2.45, 2.75) is 33.4 Å². The lowest BCUT2D eigenvalue weighted by Crippen LogP contribution is -2.43. The molecule has 1 atom stereocenters. The van der Waals surface area contributed by atoms with E-state index in [0.717, 1.165) is 16.9 Å². The lowest BCUT2D eigenvalue weighted by molar-refractivity contribution is 0.481. The molecule has 4 nitrogen and oxygen atoms in total. The molecule has 0 saturated carbocycles. The summed E-state index contributed by atoms with van der Waals surface area (Å²) in [6, 6.07) is 10.7. The second-order valence-corrected chi connectivity index (χ2v) is 5.60. The number of aromatic nitrogens is 1. The zero-order valence-electron chi connectivity index (χ0n) is 13.2. The number of para-hydroxylation sites is 1. The summed E-state index contributed by atoms with van der Waals surface area (Å²) in [7, 11) is 1.80. The molecule has 2 aromatic rings. The largest absolute Gasteiger partial charge is 0.354 e. The molecule has 2 rings (SSSR count). The van der Waals surface area contributed by atoms with Gasteiger partial charge in [0.2, 0.25) is 0 Å². The number of hydrogen-bond donors (Lipinski definition) is 2. The second kappa shape index (κ2) is 7.07. The smallest absolute Gasteiger partial charge is 0.191 e. The predicted molar refractivity (Wildman–Crippen MR) is 89.4 cm³/mol. The summed E-state index contributed by atoms with van der Waals surface area (Å²) in [6.45, 7) is 7.26. The standard InChI is InChI=1S/C17H24N4/c1-12(2)13(3)21-17(18-4)20-11-15-8-5-7-14-9-6-10-19-16(14)15/h5-10,12-13H,11H2,1-4H3,(H2,18,20,21). The minimum atomic E-state index is 0.377. The number of nitrogens with one attached hydrogen (secondary N) is 2. The number of nitrogens with zero attached hydrogens (tertiary/aromatic N) is 2. The van der Waals surface area contributed by atoms with Gasteiger partial charge < -0.3 is 10.6 Å². The Balaban J connectivity index is 2.07. The van der Waals surface area contributed by atoms with Crippen molar-refractivity contribution in [1.29, 1.82) is 0 Å². The molecular formula is C17H24N4. The number of benzene rings is 1. The molecule has 21 heavy (non-hydrogen) atoms. The molecule has 0 aliphatic carbocycles. The Morgan fingerprint density at radius 2 is 1.95 bits per heavy atom. The maximum atomic E-state index is 4.47. The molecule has 0 aliphatic heterocycles. The molecule has 0 amide bonds. The fraction of sp³-hybridized carbons (Fsp3) is 0.412. The molecule has 1 unspecified atom stereocenters. The van der Waals surface area contributed by atoms with Crippen LogP contribution in [0.4, 0.5) is 0 Å². The molecular weight excluding hydrogens is 260 g/mol. The second-order valence-electron chi connectivity index (χ2n) is 5.60. The summed E-state index contributed by atoms with van der Waals surface area (Å²) in [5.41, 5.74) is 2.22. The van der Waals surface area contributed by atoms with Gasteiger partial charge in [0.1, 0.15) is 0 Å². The van der Waals surface area contributed by atoms with E-state index < -0.39 is 0 Å². The highest BCUT2D eigenvalue weighted by atomic mass is 15.2. The number of aliphatic imine (C=N–C) groups is 1. The normalized spacial score (nSPS) is 13.5. The summed E-state index contributed by atoms with van der Waals surface area (Å²) < 4.78 is 0. The van der Waals surface area contributed by atoms with Gasteiger partial charge >= 0.3 is 0 Å². The van der Waals surface area contributed by atoms with Crippen LogP contribution in [0.15, 0.2) is 41.5 Å². The zero-order chi connectivity index (χ0) is 15.2. The van der Waals surface area contributed by atoms with Crippen LogP contribution < -0.4 is 10.6 Å². The first-order valence-corrected chi connectivity index (χ1v) is 7.41. The minimum Gasteiger partial charge on any atom is -0.354 e. The van der Waals surface area contributed by atoms with Gasteiger partial charge in [0, 0.05) is 31.2 Å². The molecule has 1 aromatic carbocycles. The number of fused-ring (bicyclic) bond motifs is 1. The van der Waals surface area contributed by atoms with Gasteiger partial charge in [0.15, 0.2) is 5.96 Å². The molecule has 112 valence electrons. The van der Waals surface area contributed by atoms with E-state index in [4.69, 9.17) is 0 Å². The van der Waals surface area contributed by atoms with E-state index in [9.17, 15) is 0 Å². The highest BCUT2D eigenvalue weighted by Crippen LogP contribution is 2.15. The quantitative estimate of drug-likeness (QED) is 0.670. The van der Waals surface area contributed by atoms with E-state index >= 15 is 0 Å². The van der Waals surface area contributed by atoms with E-state index in [1.807, 2.05) is 12.3 Å². The molecule has 1 aromatic heterocycles. The average molecular weight is 284 g/mol. The molecule has 0 spiro atoms. The number of rotatable bonds is 4. The third kappa shape index (κ3) is 3.94. The van der Waals surface area contributed by atoms with Crippen LogP contribution in [0.2, 0.25) is 0 Å². The summed E-state index contributed by atoms with van der Waals surface area (Å²) in [5, 5.41) is 7.93. The molecule has 2 N–H and O–H groups in total. The van der Waals surface area contributed by atoms with Crippen LogP contribution in [0.25, 0.3) is 10.9 Å². The Kier molecular flexibility index (Phi) is 5.14. The van der Waals surface area contributed by atoms with Crippen molar-refractivity contribution in [2.24, 2.45) is 10.9 Å². The van der Waals surface area contributed by atoms with Gasteiger partial charge in [-0.25, -0.2) is 0 Å². The molecule has 0 aliphatic rings. The van der Waals surface area contributed by atoms with Gasteiger partial charge in [-0.2, -0.15) is 0 Å². The third-order valence-electron chi connectivity index (χ3n) is 3.75. The number of pyridine rings is 1. The van der Waals surface area contributed by atoms with Crippen LogP contribution in [-0.4, -0.2) is 24.0 Å². The van der Waals surface area contributed by atoms with Crippen molar-refractivity contribution in [3.8, 4) is 0 Å². The molecule has 0 radical (unpaired) electrons. The Bertz CT molecular complexity index is 614.